The molecular weight excluding hydrogens is 328 g/mol. The quantitative estimate of drug-likeness (QED) is 0.838. The lowest BCUT2D eigenvalue weighted by molar-refractivity contribution is -0.116. The second-order valence-corrected chi connectivity index (χ2v) is 6.42. The number of carbonyl (C=O) groups excluding carboxylic acids is 1. The fourth-order valence-corrected chi connectivity index (χ4v) is 3.77. The van der Waals surface area contributed by atoms with Gasteiger partial charge in [-0.25, -0.2) is 0 Å². The first kappa shape index (κ1) is 13.7. The van der Waals surface area contributed by atoms with Crippen molar-refractivity contribution in [3.63, 3.8) is 0 Å². The molecule has 0 spiro atoms. The largest absolute Gasteiger partial charge is 0.454 e. The maximum Gasteiger partial charge on any atom is 0.250 e. The Bertz CT molecular complexity index is 922. The number of ether oxygens (including phenoxy) is 2. The Balaban J connectivity index is 1.75. The number of carbonyl (C=O) groups is 1. The van der Waals surface area contributed by atoms with Crippen molar-refractivity contribution < 1.29 is 14.3 Å². The van der Waals surface area contributed by atoms with E-state index in [4.69, 9.17) is 21.1 Å². The summed E-state index contributed by atoms with van der Waals surface area (Å²) in [6.45, 7) is 0.715. The first-order valence-electron chi connectivity index (χ1n) is 7.68. The lowest BCUT2D eigenvalue weighted by Gasteiger charge is -2.28. The van der Waals surface area contributed by atoms with E-state index in [1.165, 1.54) is 0 Å². The molecule has 2 N–H and O–H groups in total. The van der Waals surface area contributed by atoms with Gasteiger partial charge in [-0.3, -0.25) is 4.79 Å². The molecule has 5 nitrogen and oxygen atoms in total. The Morgan fingerprint density at radius 3 is 2.79 bits per heavy atom. The third-order valence-electron chi connectivity index (χ3n) is 4.61. The van der Waals surface area contributed by atoms with Gasteiger partial charge in [0.05, 0.1) is 6.54 Å². The molecule has 0 bridgehead atoms. The number of hydrogen-bond donors (Lipinski definition) is 2. The molecular formula is C18H13ClN2O3. The van der Waals surface area contributed by atoms with E-state index in [9.17, 15) is 4.79 Å². The molecule has 1 atom stereocenters. The monoisotopic (exact) mass is 340 g/mol. The predicted molar refractivity (Wildman–Crippen MR) is 89.5 cm³/mol. The smallest absolute Gasteiger partial charge is 0.250 e. The second kappa shape index (κ2) is 4.92. The SMILES string of the molecule is O=C1NCC2=C1C(c1cccc(Cl)c1)c1cc3c(cc1N2)OCO3. The van der Waals surface area contributed by atoms with E-state index in [1.807, 2.05) is 36.4 Å². The van der Waals surface area contributed by atoms with Crippen LogP contribution in [0.3, 0.4) is 0 Å². The van der Waals surface area contributed by atoms with Crippen LogP contribution in [0.1, 0.15) is 17.0 Å². The van der Waals surface area contributed by atoms with Crippen LogP contribution in [0, 0.1) is 0 Å². The van der Waals surface area contributed by atoms with Gasteiger partial charge < -0.3 is 20.1 Å². The lowest BCUT2D eigenvalue weighted by Crippen LogP contribution is -2.21. The average molecular weight is 341 g/mol. The second-order valence-electron chi connectivity index (χ2n) is 5.98. The fraction of sp³-hybridized carbons (Fsp3) is 0.167. The van der Waals surface area contributed by atoms with E-state index >= 15 is 0 Å². The van der Waals surface area contributed by atoms with Gasteiger partial charge in [-0.05, 0) is 29.3 Å². The molecule has 0 saturated carbocycles. The number of benzene rings is 2. The summed E-state index contributed by atoms with van der Waals surface area (Å²) < 4.78 is 11.0. The summed E-state index contributed by atoms with van der Waals surface area (Å²) in [6, 6.07) is 11.5. The Hall–Kier alpha value is -2.66. The standard InChI is InChI=1S/C18H13ClN2O3/c19-10-3-1-2-9(4-10)16-11-5-14-15(24-8-23-14)6-12(11)21-13-7-20-18(22)17(13)16/h1-6,16,21H,7-8H2,(H,20,22). The van der Waals surface area contributed by atoms with Crippen LogP contribution in [0.4, 0.5) is 5.69 Å². The lowest BCUT2D eigenvalue weighted by atomic mass is 9.81. The van der Waals surface area contributed by atoms with Gasteiger partial charge in [0.2, 0.25) is 12.7 Å². The minimum atomic E-state index is -0.188. The van der Waals surface area contributed by atoms with Gasteiger partial charge in [0.1, 0.15) is 0 Å². The van der Waals surface area contributed by atoms with Gasteiger partial charge in [0.15, 0.2) is 11.5 Å². The van der Waals surface area contributed by atoms with Crippen molar-refractivity contribution in [1.29, 1.82) is 0 Å². The van der Waals surface area contributed by atoms with E-state index in [0.29, 0.717) is 23.1 Å². The fourth-order valence-electron chi connectivity index (χ4n) is 3.57. The summed E-state index contributed by atoms with van der Waals surface area (Å²) in [5.41, 5.74) is 4.53. The molecule has 0 aliphatic carbocycles. The molecule has 0 fully saturated rings. The minimum absolute atomic E-state index is 0.0502. The van der Waals surface area contributed by atoms with Crippen LogP contribution < -0.4 is 20.1 Å². The summed E-state index contributed by atoms with van der Waals surface area (Å²) in [5.74, 6) is 1.18. The van der Waals surface area contributed by atoms with Crippen molar-refractivity contribution >= 4 is 23.2 Å². The first-order valence-corrected chi connectivity index (χ1v) is 8.06. The number of anilines is 1. The average Bonchev–Trinajstić information content (AvgIpc) is 3.17. The van der Waals surface area contributed by atoms with Crippen LogP contribution in [0.15, 0.2) is 47.7 Å². The number of hydrogen-bond acceptors (Lipinski definition) is 4. The minimum Gasteiger partial charge on any atom is -0.454 e. The van der Waals surface area contributed by atoms with Crippen LogP contribution >= 0.6 is 11.6 Å². The zero-order valence-corrected chi connectivity index (χ0v) is 13.3. The highest BCUT2D eigenvalue weighted by atomic mass is 35.5. The van der Waals surface area contributed by atoms with E-state index in [0.717, 1.165) is 28.1 Å². The van der Waals surface area contributed by atoms with E-state index < -0.39 is 0 Å². The molecule has 0 aromatic heterocycles. The molecule has 0 radical (unpaired) electrons. The number of amides is 1. The molecule has 3 heterocycles. The van der Waals surface area contributed by atoms with Crippen molar-refractivity contribution in [1.82, 2.24) is 5.32 Å². The normalized spacial score (nSPS) is 20.4. The van der Waals surface area contributed by atoms with Crippen LogP contribution in [0.2, 0.25) is 5.02 Å². The number of fused-ring (bicyclic) bond motifs is 2. The van der Waals surface area contributed by atoms with Gasteiger partial charge in [-0.1, -0.05) is 23.7 Å². The topological polar surface area (TPSA) is 59.6 Å². The highest BCUT2D eigenvalue weighted by Crippen LogP contribution is 2.48. The van der Waals surface area contributed by atoms with E-state index in [1.54, 1.807) is 0 Å². The van der Waals surface area contributed by atoms with Crippen molar-refractivity contribution in [2.75, 3.05) is 18.7 Å². The summed E-state index contributed by atoms with van der Waals surface area (Å²) in [7, 11) is 0. The zero-order chi connectivity index (χ0) is 16.3. The highest BCUT2D eigenvalue weighted by Gasteiger charge is 2.38. The Morgan fingerprint density at radius 1 is 1.12 bits per heavy atom. The van der Waals surface area contributed by atoms with Gasteiger partial charge in [-0.15, -0.1) is 0 Å². The summed E-state index contributed by atoms with van der Waals surface area (Å²) in [6.07, 6.45) is 0. The number of halogens is 1. The van der Waals surface area contributed by atoms with Crippen LogP contribution in [0.5, 0.6) is 11.5 Å². The van der Waals surface area contributed by atoms with Gasteiger partial charge in [0.25, 0.3) is 0 Å². The third-order valence-corrected chi connectivity index (χ3v) is 4.84. The predicted octanol–water partition coefficient (Wildman–Crippen LogP) is 3.01. The molecule has 3 aliphatic heterocycles. The highest BCUT2D eigenvalue weighted by molar-refractivity contribution is 6.30. The molecule has 6 heteroatoms. The molecule has 1 unspecified atom stereocenters. The molecule has 0 saturated heterocycles. The Kier molecular flexibility index (Phi) is 2.82. The molecule has 5 rings (SSSR count). The third kappa shape index (κ3) is 1.91. The van der Waals surface area contributed by atoms with E-state index in [-0.39, 0.29) is 18.6 Å². The Morgan fingerprint density at radius 2 is 1.96 bits per heavy atom. The summed E-state index contributed by atoms with van der Waals surface area (Å²) in [4.78, 5) is 12.4. The summed E-state index contributed by atoms with van der Waals surface area (Å²) >= 11 is 6.19. The van der Waals surface area contributed by atoms with Crippen LogP contribution in [0.25, 0.3) is 0 Å². The van der Waals surface area contributed by atoms with Crippen molar-refractivity contribution in [2.24, 2.45) is 0 Å². The van der Waals surface area contributed by atoms with Crippen LogP contribution in [-0.2, 0) is 4.79 Å². The zero-order valence-electron chi connectivity index (χ0n) is 12.6. The molecule has 120 valence electrons. The molecule has 24 heavy (non-hydrogen) atoms. The summed E-state index contributed by atoms with van der Waals surface area (Å²) in [5, 5.41) is 6.91. The van der Waals surface area contributed by atoms with Crippen LogP contribution in [-0.4, -0.2) is 19.2 Å². The first-order chi connectivity index (χ1) is 11.7. The molecule has 3 aliphatic rings. The van der Waals surface area contributed by atoms with Gasteiger partial charge in [-0.2, -0.15) is 0 Å². The maximum absolute atomic E-state index is 12.4. The Labute approximate surface area is 143 Å². The molecule has 2 aromatic carbocycles. The van der Waals surface area contributed by atoms with Crippen molar-refractivity contribution in [3.8, 4) is 11.5 Å². The van der Waals surface area contributed by atoms with Crippen molar-refractivity contribution in [3.05, 3.63) is 63.8 Å². The number of nitrogens with one attached hydrogen (secondary N) is 2. The maximum atomic E-state index is 12.4. The number of rotatable bonds is 1. The van der Waals surface area contributed by atoms with Gasteiger partial charge in [0, 0.05) is 34.0 Å². The van der Waals surface area contributed by atoms with Crippen molar-refractivity contribution in [2.45, 2.75) is 5.92 Å². The van der Waals surface area contributed by atoms with Gasteiger partial charge >= 0.3 is 0 Å². The molecule has 2 aromatic rings. The molecule has 1 amide bonds. The van der Waals surface area contributed by atoms with E-state index in [2.05, 4.69) is 10.6 Å².